The Morgan fingerprint density at radius 1 is 1.05 bits per heavy atom. The maximum absolute atomic E-state index is 12.2. The van der Waals surface area contributed by atoms with E-state index >= 15 is 0 Å². The second-order valence-electron chi connectivity index (χ2n) is 4.52. The van der Waals surface area contributed by atoms with E-state index in [-0.39, 0.29) is 18.4 Å². The van der Waals surface area contributed by atoms with Crippen molar-refractivity contribution in [2.45, 2.75) is 0 Å². The lowest BCUT2D eigenvalue weighted by Crippen LogP contribution is -2.37. The number of carbonyl (C=O) groups is 2. The molecule has 0 saturated heterocycles. The smallest absolute Gasteiger partial charge is 0.254 e. The van der Waals surface area contributed by atoms with E-state index in [0.29, 0.717) is 17.1 Å². The Morgan fingerprint density at radius 2 is 1.65 bits per heavy atom. The Balaban J connectivity index is 2.89. The largest absolute Gasteiger partial charge is 0.493 e. The highest BCUT2D eigenvalue weighted by Crippen LogP contribution is 2.27. The number of rotatable bonds is 5. The first-order valence-corrected chi connectivity index (χ1v) is 6.08. The Hall–Kier alpha value is -2.24. The van der Waals surface area contributed by atoms with Gasteiger partial charge in [0, 0.05) is 26.7 Å². The van der Waals surface area contributed by atoms with E-state index in [2.05, 4.69) is 0 Å². The molecule has 110 valence electrons. The summed E-state index contributed by atoms with van der Waals surface area (Å²) in [6.07, 6.45) is 0. The molecule has 0 N–H and O–H groups in total. The average Bonchev–Trinajstić information content (AvgIpc) is 2.45. The highest BCUT2D eigenvalue weighted by Gasteiger charge is 2.17. The summed E-state index contributed by atoms with van der Waals surface area (Å²) in [5, 5.41) is 0. The molecule has 0 aromatic heterocycles. The molecule has 6 nitrogen and oxygen atoms in total. The van der Waals surface area contributed by atoms with Gasteiger partial charge in [0.1, 0.15) is 0 Å². The van der Waals surface area contributed by atoms with Gasteiger partial charge in [0.2, 0.25) is 5.91 Å². The molecule has 0 radical (unpaired) electrons. The number of nitrogens with zero attached hydrogens (tertiary/aromatic N) is 2. The molecule has 1 rings (SSSR count). The van der Waals surface area contributed by atoms with Gasteiger partial charge in [-0.05, 0) is 18.2 Å². The van der Waals surface area contributed by atoms with Crippen LogP contribution < -0.4 is 9.47 Å². The predicted molar refractivity (Wildman–Crippen MR) is 75.2 cm³/mol. The highest BCUT2D eigenvalue weighted by molar-refractivity contribution is 5.96. The van der Waals surface area contributed by atoms with E-state index in [1.54, 1.807) is 39.3 Å². The van der Waals surface area contributed by atoms with E-state index in [4.69, 9.17) is 9.47 Å². The number of methoxy groups -OCH3 is 2. The van der Waals surface area contributed by atoms with Gasteiger partial charge in [0.15, 0.2) is 11.5 Å². The van der Waals surface area contributed by atoms with Crippen LogP contribution in [0.1, 0.15) is 10.4 Å². The zero-order chi connectivity index (χ0) is 15.3. The van der Waals surface area contributed by atoms with Crippen LogP contribution in [0.2, 0.25) is 0 Å². The summed E-state index contributed by atoms with van der Waals surface area (Å²) in [6, 6.07) is 4.89. The first-order chi connectivity index (χ1) is 9.40. The molecule has 2 amide bonds. The standard InChI is InChI=1S/C14H20N2O4/c1-15(2)13(17)9-16(3)14(18)10-6-7-11(19-4)12(8-10)20-5/h6-8H,9H2,1-5H3. The molecule has 0 aliphatic heterocycles. The number of amides is 2. The van der Waals surface area contributed by atoms with Gasteiger partial charge < -0.3 is 19.3 Å². The molecule has 0 saturated carbocycles. The van der Waals surface area contributed by atoms with Crippen molar-refractivity contribution in [3.63, 3.8) is 0 Å². The number of ether oxygens (including phenoxy) is 2. The molecular weight excluding hydrogens is 260 g/mol. The summed E-state index contributed by atoms with van der Waals surface area (Å²) >= 11 is 0. The minimum Gasteiger partial charge on any atom is -0.493 e. The van der Waals surface area contributed by atoms with Crippen LogP contribution in [0.3, 0.4) is 0 Å². The molecular formula is C14H20N2O4. The van der Waals surface area contributed by atoms with Crippen LogP contribution in [0.5, 0.6) is 11.5 Å². The molecule has 0 bridgehead atoms. The van der Waals surface area contributed by atoms with Crippen molar-refractivity contribution >= 4 is 11.8 Å². The number of hydrogen-bond acceptors (Lipinski definition) is 4. The van der Waals surface area contributed by atoms with Crippen molar-refractivity contribution in [3.8, 4) is 11.5 Å². The SMILES string of the molecule is COc1ccc(C(=O)N(C)CC(=O)N(C)C)cc1OC. The van der Waals surface area contributed by atoms with Crippen LogP contribution in [-0.2, 0) is 4.79 Å². The van der Waals surface area contributed by atoms with Crippen molar-refractivity contribution in [2.24, 2.45) is 0 Å². The zero-order valence-electron chi connectivity index (χ0n) is 12.5. The van der Waals surface area contributed by atoms with Gasteiger partial charge in [0.05, 0.1) is 20.8 Å². The van der Waals surface area contributed by atoms with Gasteiger partial charge in [-0.3, -0.25) is 9.59 Å². The van der Waals surface area contributed by atoms with Crippen LogP contribution in [0.15, 0.2) is 18.2 Å². The first-order valence-electron chi connectivity index (χ1n) is 6.08. The number of likely N-dealkylation sites (N-methyl/N-ethyl adjacent to an activating group) is 2. The third-order valence-electron chi connectivity index (χ3n) is 2.85. The van der Waals surface area contributed by atoms with Gasteiger partial charge >= 0.3 is 0 Å². The van der Waals surface area contributed by atoms with Crippen molar-refractivity contribution < 1.29 is 19.1 Å². The molecule has 0 atom stereocenters. The predicted octanol–water partition coefficient (Wildman–Crippen LogP) is 0.864. The second kappa shape index (κ2) is 6.79. The van der Waals surface area contributed by atoms with Crippen molar-refractivity contribution in [1.29, 1.82) is 0 Å². The fourth-order valence-electron chi connectivity index (χ4n) is 1.61. The van der Waals surface area contributed by atoms with Crippen LogP contribution in [0, 0.1) is 0 Å². The Morgan fingerprint density at radius 3 is 2.15 bits per heavy atom. The van der Waals surface area contributed by atoms with Crippen LogP contribution >= 0.6 is 0 Å². The summed E-state index contributed by atoms with van der Waals surface area (Å²) in [5.41, 5.74) is 0.441. The zero-order valence-corrected chi connectivity index (χ0v) is 12.5. The molecule has 20 heavy (non-hydrogen) atoms. The quantitative estimate of drug-likeness (QED) is 0.803. The summed E-state index contributed by atoms with van der Waals surface area (Å²) in [5.74, 6) is 0.643. The summed E-state index contributed by atoms with van der Waals surface area (Å²) in [4.78, 5) is 26.6. The number of hydrogen-bond donors (Lipinski definition) is 0. The Bertz CT molecular complexity index is 500. The van der Waals surface area contributed by atoms with Gasteiger partial charge in [0.25, 0.3) is 5.91 Å². The molecule has 6 heteroatoms. The van der Waals surface area contributed by atoms with E-state index in [1.165, 1.54) is 24.0 Å². The molecule has 0 aliphatic rings. The van der Waals surface area contributed by atoms with E-state index in [9.17, 15) is 9.59 Å². The van der Waals surface area contributed by atoms with Gasteiger partial charge in [-0.15, -0.1) is 0 Å². The highest BCUT2D eigenvalue weighted by atomic mass is 16.5. The minimum absolute atomic E-state index is 0.0280. The molecule has 1 aromatic rings. The molecule has 0 aliphatic carbocycles. The Labute approximate surface area is 118 Å². The monoisotopic (exact) mass is 280 g/mol. The van der Waals surface area contributed by atoms with Gasteiger partial charge in [-0.25, -0.2) is 0 Å². The molecule has 0 heterocycles. The lowest BCUT2D eigenvalue weighted by Gasteiger charge is -2.19. The van der Waals surface area contributed by atoms with Crippen LogP contribution in [0.4, 0.5) is 0 Å². The summed E-state index contributed by atoms with van der Waals surface area (Å²) in [6.45, 7) is 0.0280. The maximum Gasteiger partial charge on any atom is 0.254 e. The Kier molecular flexibility index (Phi) is 5.37. The fraction of sp³-hybridized carbons (Fsp3) is 0.429. The third-order valence-corrected chi connectivity index (χ3v) is 2.85. The van der Waals surface area contributed by atoms with E-state index < -0.39 is 0 Å². The second-order valence-corrected chi connectivity index (χ2v) is 4.52. The minimum atomic E-state index is -0.249. The van der Waals surface area contributed by atoms with Crippen molar-refractivity contribution in [3.05, 3.63) is 23.8 Å². The van der Waals surface area contributed by atoms with Gasteiger partial charge in [-0.2, -0.15) is 0 Å². The third kappa shape index (κ3) is 3.63. The fourth-order valence-corrected chi connectivity index (χ4v) is 1.61. The molecule has 1 aromatic carbocycles. The van der Waals surface area contributed by atoms with Gasteiger partial charge in [-0.1, -0.05) is 0 Å². The summed E-state index contributed by atoms with van der Waals surface area (Å²) < 4.78 is 10.3. The average molecular weight is 280 g/mol. The van der Waals surface area contributed by atoms with Crippen LogP contribution in [-0.4, -0.2) is 63.5 Å². The number of carbonyl (C=O) groups excluding carboxylic acids is 2. The van der Waals surface area contributed by atoms with Crippen molar-refractivity contribution in [2.75, 3.05) is 41.9 Å². The van der Waals surface area contributed by atoms with Crippen molar-refractivity contribution in [1.82, 2.24) is 9.80 Å². The number of benzene rings is 1. The molecule has 0 unspecified atom stereocenters. The molecule has 0 spiro atoms. The first kappa shape index (κ1) is 15.8. The summed E-state index contributed by atoms with van der Waals surface area (Å²) in [7, 11) is 7.92. The van der Waals surface area contributed by atoms with Crippen LogP contribution in [0.25, 0.3) is 0 Å². The van der Waals surface area contributed by atoms with E-state index in [0.717, 1.165) is 0 Å². The van der Waals surface area contributed by atoms with E-state index in [1.807, 2.05) is 0 Å². The lowest BCUT2D eigenvalue weighted by molar-refractivity contribution is -0.129. The normalized spacial score (nSPS) is 9.85. The lowest BCUT2D eigenvalue weighted by atomic mass is 10.1. The topological polar surface area (TPSA) is 59.1 Å². The maximum atomic E-state index is 12.2. The molecule has 0 fully saturated rings.